The summed E-state index contributed by atoms with van der Waals surface area (Å²) in [5.41, 5.74) is 2.03. The number of aromatic carboxylic acids is 1. The number of carbonyl (C=O) groups is 1. The van der Waals surface area contributed by atoms with Crippen molar-refractivity contribution in [3.05, 3.63) is 47.7 Å². The second-order valence-corrected chi connectivity index (χ2v) is 4.07. The Balaban J connectivity index is 2.25. The van der Waals surface area contributed by atoms with Gasteiger partial charge in [0.15, 0.2) is 0 Å². The van der Waals surface area contributed by atoms with E-state index in [0.717, 1.165) is 11.3 Å². The average molecular weight is 258 g/mol. The highest BCUT2D eigenvalue weighted by Gasteiger charge is 2.06. The van der Waals surface area contributed by atoms with Crippen LogP contribution in [-0.2, 0) is 0 Å². The molecule has 0 aliphatic carbocycles. The Labute approximate surface area is 110 Å². The lowest BCUT2D eigenvalue weighted by Crippen LogP contribution is -2.00. The zero-order chi connectivity index (χ0) is 13.8. The molecule has 0 spiro atoms. The molecule has 0 saturated heterocycles. The minimum Gasteiger partial charge on any atom is -0.495 e. The maximum Gasteiger partial charge on any atom is 0.337 e. The summed E-state index contributed by atoms with van der Waals surface area (Å²) >= 11 is 0. The lowest BCUT2D eigenvalue weighted by molar-refractivity contribution is 0.0696. The monoisotopic (exact) mass is 258 g/mol. The molecule has 98 valence electrons. The van der Waals surface area contributed by atoms with Gasteiger partial charge in [0.05, 0.1) is 18.4 Å². The molecule has 1 aromatic carbocycles. The number of hydrogen-bond acceptors (Lipinski definition) is 4. The van der Waals surface area contributed by atoms with Crippen molar-refractivity contribution in [3.63, 3.8) is 0 Å². The Kier molecular flexibility index (Phi) is 3.66. The SMILES string of the molecule is COc1ccc(C)cc1Nc1ccc(C(=O)O)cn1. The second-order valence-electron chi connectivity index (χ2n) is 4.07. The predicted molar refractivity (Wildman–Crippen MR) is 72.2 cm³/mol. The Morgan fingerprint density at radius 1 is 1.32 bits per heavy atom. The number of benzene rings is 1. The molecule has 5 heteroatoms. The number of carboxylic acid groups (broad SMARTS) is 1. The van der Waals surface area contributed by atoms with Crippen LogP contribution in [0.4, 0.5) is 11.5 Å². The van der Waals surface area contributed by atoms with Crippen molar-refractivity contribution in [2.24, 2.45) is 0 Å². The highest BCUT2D eigenvalue weighted by atomic mass is 16.5. The molecule has 2 aromatic rings. The number of rotatable bonds is 4. The van der Waals surface area contributed by atoms with Crippen molar-refractivity contribution < 1.29 is 14.6 Å². The first-order valence-corrected chi connectivity index (χ1v) is 5.71. The molecule has 0 fully saturated rings. The van der Waals surface area contributed by atoms with Crippen LogP contribution in [0.5, 0.6) is 5.75 Å². The molecule has 0 bridgehead atoms. The van der Waals surface area contributed by atoms with Crippen LogP contribution in [-0.4, -0.2) is 23.2 Å². The van der Waals surface area contributed by atoms with Crippen LogP contribution in [0.2, 0.25) is 0 Å². The fraction of sp³-hybridized carbons (Fsp3) is 0.143. The molecule has 0 aliphatic heterocycles. The van der Waals surface area contributed by atoms with E-state index >= 15 is 0 Å². The van der Waals surface area contributed by atoms with Crippen molar-refractivity contribution in [2.75, 3.05) is 12.4 Å². The van der Waals surface area contributed by atoms with Crippen molar-refractivity contribution in [2.45, 2.75) is 6.92 Å². The number of aromatic nitrogens is 1. The van der Waals surface area contributed by atoms with Crippen LogP contribution in [0.15, 0.2) is 36.5 Å². The van der Waals surface area contributed by atoms with E-state index in [1.54, 1.807) is 13.2 Å². The van der Waals surface area contributed by atoms with Gasteiger partial charge in [0.2, 0.25) is 0 Å². The molecule has 0 amide bonds. The predicted octanol–water partition coefficient (Wildman–Crippen LogP) is 2.84. The zero-order valence-electron chi connectivity index (χ0n) is 10.7. The maximum absolute atomic E-state index is 10.7. The highest BCUT2D eigenvalue weighted by molar-refractivity contribution is 5.87. The number of aryl methyl sites for hydroxylation is 1. The smallest absolute Gasteiger partial charge is 0.337 e. The summed E-state index contributed by atoms with van der Waals surface area (Å²) < 4.78 is 5.25. The third-order valence-electron chi connectivity index (χ3n) is 2.63. The first-order valence-electron chi connectivity index (χ1n) is 5.71. The molecule has 0 saturated carbocycles. The van der Waals surface area contributed by atoms with Crippen LogP contribution >= 0.6 is 0 Å². The molecule has 0 aliphatic rings. The van der Waals surface area contributed by atoms with Gasteiger partial charge >= 0.3 is 5.97 Å². The summed E-state index contributed by atoms with van der Waals surface area (Å²) in [4.78, 5) is 14.8. The molecule has 1 aromatic heterocycles. The van der Waals surface area contributed by atoms with Gasteiger partial charge in [-0.15, -0.1) is 0 Å². The summed E-state index contributed by atoms with van der Waals surface area (Å²) in [5, 5.41) is 11.9. The largest absolute Gasteiger partial charge is 0.495 e. The molecule has 0 unspecified atom stereocenters. The lowest BCUT2D eigenvalue weighted by Gasteiger charge is -2.11. The number of nitrogens with zero attached hydrogens (tertiary/aromatic N) is 1. The Morgan fingerprint density at radius 2 is 2.11 bits per heavy atom. The quantitative estimate of drug-likeness (QED) is 0.882. The summed E-state index contributed by atoms with van der Waals surface area (Å²) in [7, 11) is 1.59. The molecule has 1 heterocycles. The number of carboxylic acids is 1. The van der Waals surface area contributed by atoms with E-state index in [9.17, 15) is 4.79 Å². The van der Waals surface area contributed by atoms with Gasteiger partial charge in [0, 0.05) is 6.20 Å². The van der Waals surface area contributed by atoms with Crippen LogP contribution in [0, 0.1) is 6.92 Å². The van der Waals surface area contributed by atoms with Gasteiger partial charge in [-0.1, -0.05) is 6.07 Å². The maximum atomic E-state index is 10.7. The molecular formula is C14H14N2O3. The number of hydrogen-bond donors (Lipinski definition) is 2. The molecule has 0 radical (unpaired) electrons. The number of anilines is 2. The Hall–Kier alpha value is -2.56. The van der Waals surface area contributed by atoms with Crippen LogP contribution in [0.3, 0.4) is 0 Å². The van der Waals surface area contributed by atoms with E-state index in [1.807, 2.05) is 25.1 Å². The molecule has 2 N–H and O–H groups in total. The van der Waals surface area contributed by atoms with Gasteiger partial charge in [0.25, 0.3) is 0 Å². The lowest BCUT2D eigenvalue weighted by atomic mass is 10.2. The first kappa shape index (κ1) is 12.9. The van der Waals surface area contributed by atoms with Gasteiger partial charge in [-0.25, -0.2) is 9.78 Å². The zero-order valence-corrected chi connectivity index (χ0v) is 10.7. The Bertz CT molecular complexity index is 594. The molecule has 5 nitrogen and oxygen atoms in total. The number of nitrogens with one attached hydrogen (secondary N) is 1. The van der Waals surface area contributed by atoms with Gasteiger partial charge < -0.3 is 15.2 Å². The van der Waals surface area contributed by atoms with E-state index in [1.165, 1.54) is 12.3 Å². The summed E-state index contributed by atoms with van der Waals surface area (Å²) in [5.74, 6) is 0.274. The highest BCUT2D eigenvalue weighted by Crippen LogP contribution is 2.27. The van der Waals surface area contributed by atoms with E-state index in [4.69, 9.17) is 9.84 Å². The fourth-order valence-corrected chi connectivity index (χ4v) is 1.65. The fourth-order valence-electron chi connectivity index (χ4n) is 1.65. The van der Waals surface area contributed by atoms with E-state index in [2.05, 4.69) is 10.3 Å². The first-order chi connectivity index (χ1) is 9.10. The normalized spacial score (nSPS) is 10.0. The standard InChI is InChI=1S/C14H14N2O3/c1-9-3-5-12(19-2)11(7-9)16-13-6-4-10(8-15-13)14(17)18/h3-8H,1-2H3,(H,15,16)(H,17,18). The summed E-state index contributed by atoms with van der Waals surface area (Å²) in [6.07, 6.45) is 1.31. The summed E-state index contributed by atoms with van der Waals surface area (Å²) in [6, 6.07) is 8.87. The molecular weight excluding hydrogens is 244 g/mol. The average Bonchev–Trinajstić information content (AvgIpc) is 2.39. The summed E-state index contributed by atoms with van der Waals surface area (Å²) in [6.45, 7) is 1.98. The van der Waals surface area contributed by atoms with Crippen molar-refractivity contribution in [1.29, 1.82) is 0 Å². The molecule has 19 heavy (non-hydrogen) atoms. The Morgan fingerprint density at radius 3 is 2.68 bits per heavy atom. The van der Waals surface area contributed by atoms with E-state index in [0.29, 0.717) is 11.6 Å². The topological polar surface area (TPSA) is 71.5 Å². The molecule has 0 atom stereocenters. The number of ether oxygens (including phenoxy) is 1. The van der Waals surface area contributed by atoms with Gasteiger partial charge in [-0.05, 0) is 36.8 Å². The second kappa shape index (κ2) is 5.39. The van der Waals surface area contributed by atoms with Crippen LogP contribution < -0.4 is 10.1 Å². The van der Waals surface area contributed by atoms with Gasteiger partial charge in [-0.2, -0.15) is 0 Å². The third-order valence-corrected chi connectivity index (χ3v) is 2.63. The van der Waals surface area contributed by atoms with Crippen molar-refractivity contribution in [3.8, 4) is 5.75 Å². The van der Waals surface area contributed by atoms with Gasteiger partial charge in [0.1, 0.15) is 11.6 Å². The van der Waals surface area contributed by atoms with Crippen LogP contribution in [0.25, 0.3) is 0 Å². The van der Waals surface area contributed by atoms with Crippen molar-refractivity contribution >= 4 is 17.5 Å². The van der Waals surface area contributed by atoms with E-state index in [-0.39, 0.29) is 5.56 Å². The van der Waals surface area contributed by atoms with Crippen LogP contribution in [0.1, 0.15) is 15.9 Å². The number of methoxy groups -OCH3 is 1. The van der Waals surface area contributed by atoms with E-state index < -0.39 is 5.97 Å². The molecule has 2 rings (SSSR count). The minimum absolute atomic E-state index is 0.154. The van der Waals surface area contributed by atoms with Gasteiger partial charge in [-0.3, -0.25) is 0 Å². The number of pyridine rings is 1. The minimum atomic E-state index is -0.993. The van der Waals surface area contributed by atoms with Crippen molar-refractivity contribution in [1.82, 2.24) is 4.98 Å². The third kappa shape index (κ3) is 3.01.